The van der Waals surface area contributed by atoms with Gasteiger partial charge in [-0.15, -0.1) is 0 Å². The van der Waals surface area contributed by atoms with Crippen molar-refractivity contribution >= 4 is 33.2 Å². The molecule has 1 aliphatic rings. The van der Waals surface area contributed by atoms with Crippen LogP contribution in [-0.4, -0.2) is 18.7 Å². The number of fused-ring (bicyclic) bond motifs is 1. The van der Waals surface area contributed by atoms with Crippen molar-refractivity contribution < 1.29 is 14.3 Å². The van der Waals surface area contributed by atoms with Gasteiger partial charge in [0.05, 0.1) is 11.6 Å². The summed E-state index contributed by atoms with van der Waals surface area (Å²) < 4.78 is 5.34. The number of hydrogen-bond acceptors (Lipinski definition) is 4. The maximum atomic E-state index is 12.6. The van der Waals surface area contributed by atoms with Crippen LogP contribution in [0.3, 0.4) is 0 Å². The second kappa shape index (κ2) is 5.77. The highest BCUT2D eigenvalue weighted by Crippen LogP contribution is 2.30. The number of benzene rings is 2. The first-order valence-electron chi connectivity index (χ1n) is 6.61. The predicted molar refractivity (Wildman–Crippen MR) is 87.7 cm³/mol. The van der Waals surface area contributed by atoms with E-state index < -0.39 is 0 Å². The van der Waals surface area contributed by atoms with Crippen molar-refractivity contribution in [1.82, 2.24) is 0 Å². The van der Waals surface area contributed by atoms with Crippen molar-refractivity contribution in [2.24, 2.45) is 0 Å². The van der Waals surface area contributed by atoms with Crippen LogP contribution in [0.1, 0.15) is 20.7 Å². The number of rotatable bonds is 3. The third kappa shape index (κ3) is 2.44. The van der Waals surface area contributed by atoms with Crippen LogP contribution in [0, 0.1) is 0 Å². The highest BCUT2D eigenvalue weighted by molar-refractivity contribution is 9.12. The average molecular weight is 358 g/mol. The Kier molecular flexibility index (Phi) is 3.81. The van der Waals surface area contributed by atoms with Crippen molar-refractivity contribution in [1.29, 1.82) is 0 Å². The lowest BCUT2D eigenvalue weighted by Crippen LogP contribution is -2.24. The third-order valence-corrected chi connectivity index (χ3v) is 4.18. The minimum atomic E-state index is -0.210. The van der Waals surface area contributed by atoms with Crippen molar-refractivity contribution in [2.75, 3.05) is 12.4 Å². The van der Waals surface area contributed by atoms with Gasteiger partial charge in [-0.05, 0) is 40.2 Å². The number of nitrogens with one attached hydrogen (secondary N) is 1. The maximum absolute atomic E-state index is 12.6. The van der Waals surface area contributed by atoms with Gasteiger partial charge in [-0.1, -0.05) is 24.3 Å². The summed E-state index contributed by atoms with van der Waals surface area (Å²) >= 11 is 3.24. The van der Waals surface area contributed by atoms with Gasteiger partial charge >= 0.3 is 0 Å². The first-order chi connectivity index (χ1) is 10.6. The molecule has 1 N–H and O–H groups in total. The van der Waals surface area contributed by atoms with Crippen molar-refractivity contribution in [3.63, 3.8) is 0 Å². The Morgan fingerprint density at radius 2 is 1.50 bits per heavy atom. The monoisotopic (exact) mass is 357 g/mol. The predicted octanol–water partition coefficient (Wildman–Crippen LogP) is 3.79. The standard InChI is InChI=1S/C17H12BrNO3/c1-22-11-8-6-10(7-9-11)19-15-14(18)16(20)12-4-2-3-5-13(12)17(15)21/h2-9,19H,1H3. The van der Waals surface area contributed by atoms with E-state index in [-0.39, 0.29) is 21.7 Å². The third-order valence-electron chi connectivity index (χ3n) is 3.42. The molecule has 0 fully saturated rings. The molecule has 0 radical (unpaired) electrons. The van der Waals surface area contributed by atoms with Crippen LogP contribution in [-0.2, 0) is 0 Å². The number of ketones is 2. The van der Waals surface area contributed by atoms with E-state index in [1.165, 1.54) is 0 Å². The van der Waals surface area contributed by atoms with E-state index in [0.717, 1.165) is 5.75 Å². The van der Waals surface area contributed by atoms with Gasteiger partial charge in [0.25, 0.3) is 0 Å². The average Bonchev–Trinajstić information content (AvgIpc) is 2.57. The van der Waals surface area contributed by atoms with Crippen molar-refractivity contribution in [3.05, 3.63) is 69.8 Å². The molecule has 0 atom stereocenters. The Morgan fingerprint density at radius 3 is 2.09 bits per heavy atom. The minimum Gasteiger partial charge on any atom is -0.497 e. The van der Waals surface area contributed by atoms with Gasteiger partial charge in [0.1, 0.15) is 11.4 Å². The van der Waals surface area contributed by atoms with Crippen LogP contribution in [0.15, 0.2) is 58.7 Å². The number of carbonyl (C=O) groups excluding carboxylic acids is 2. The number of methoxy groups -OCH3 is 1. The molecule has 22 heavy (non-hydrogen) atoms. The molecule has 4 nitrogen and oxygen atoms in total. The van der Waals surface area contributed by atoms with E-state index in [4.69, 9.17) is 4.74 Å². The second-order valence-corrected chi connectivity index (χ2v) is 5.54. The molecule has 0 heterocycles. The first kappa shape index (κ1) is 14.5. The topological polar surface area (TPSA) is 55.4 Å². The molecule has 2 aromatic carbocycles. The molecule has 2 aromatic rings. The number of hydrogen-bond donors (Lipinski definition) is 1. The summed E-state index contributed by atoms with van der Waals surface area (Å²) in [7, 11) is 1.59. The lowest BCUT2D eigenvalue weighted by Gasteiger charge is -2.19. The molecule has 0 aromatic heterocycles. The fraction of sp³-hybridized carbons (Fsp3) is 0.0588. The first-order valence-corrected chi connectivity index (χ1v) is 7.40. The normalized spacial score (nSPS) is 13.9. The van der Waals surface area contributed by atoms with Crippen LogP contribution in [0.4, 0.5) is 5.69 Å². The van der Waals surface area contributed by atoms with Crippen LogP contribution < -0.4 is 10.1 Å². The summed E-state index contributed by atoms with van der Waals surface area (Å²) in [5.41, 5.74) is 1.77. The van der Waals surface area contributed by atoms with E-state index in [2.05, 4.69) is 21.2 Å². The summed E-state index contributed by atoms with van der Waals surface area (Å²) in [6, 6.07) is 13.9. The van der Waals surface area contributed by atoms with Crippen LogP contribution in [0.2, 0.25) is 0 Å². The van der Waals surface area contributed by atoms with Gasteiger partial charge in [0.2, 0.25) is 11.6 Å². The lowest BCUT2D eigenvalue weighted by atomic mass is 9.92. The molecule has 3 rings (SSSR count). The summed E-state index contributed by atoms with van der Waals surface area (Å²) in [6.45, 7) is 0. The highest BCUT2D eigenvalue weighted by atomic mass is 79.9. The zero-order chi connectivity index (χ0) is 15.7. The second-order valence-electron chi connectivity index (χ2n) is 4.75. The fourth-order valence-corrected chi connectivity index (χ4v) is 2.77. The molecule has 110 valence electrons. The van der Waals surface area contributed by atoms with Gasteiger partial charge in [0.15, 0.2) is 0 Å². The Morgan fingerprint density at radius 1 is 0.909 bits per heavy atom. The molecule has 0 unspecified atom stereocenters. The largest absolute Gasteiger partial charge is 0.497 e. The smallest absolute Gasteiger partial charge is 0.211 e. The van der Waals surface area contributed by atoms with Gasteiger partial charge in [0, 0.05) is 16.8 Å². The Hall–Kier alpha value is -2.40. The van der Waals surface area contributed by atoms with Crippen LogP contribution >= 0.6 is 15.9 Å². The highest BCUT2D eigenvalue weighted by Gasteiger charge is 2.30. The van der Waals surface area contributed by atoms with Gasteiger partial charge in [-0.2, -0.15) is 0 Å². The Bertz CT molecular complexity index is 794. The zero-order valence-corrected chi connectivity index (χ0v) is 13.3. The molecular weight excluding hydrogens is 346 g/mol. The summed E-state index contributed by atoms with van der Waals surface area (Å²) in [4.78, 5) is 24.9. The van der Waals surface area contributed by atoms with E-state index in [1.54, 1.807) is 55.6 Å². The number of halogens is 1. The van der Waals surface area contributed by atoms with E-state index >= 15 is 0 Å². The van der Waals surface area contributed by atoms with Crippen molar-refractivity contribution in [2.45, 2.75) is 0 Å². The van der Waals surface area contributed by atoms with E-state index in [1.807, 2.05) is 0 Å². The number of allylic oxidation sites excluding steroid dienone is 2. The van der Waals surface area contributed by atoms with Crippen molar-refractivity contribution in [3.8, 4) is 5.75 Å². The number of anilines is 1. The molecule has 1 aliphatic carbocycles. The summed E-state index contributed by atoms with van der Waals surface area (Å²) in [6.07, 6.45) is 0. The molecule has 0 spiro atoms. The molecule has 0 amide bonds. The van der Waals surface area contributed by atoms with E-state index in [9.17, 15) is 9.59 Å². The maximum Gasteiger partial charge on any atom is 0.211 e. The van der Waals surface area contributed by atoms with Crippen LogP contribution in [0.25, 0.3) is 0 Å². The zero-order valence-electron chi connectivity index (χ0n) is 11.7. The minimum absolute atomic E-state index is 0.203. The molecule has 0 aliphatic heterocycles. The van der Waals surface area contributed by atoms with E-state index in [0.29, 0.717) is 16.8 Å². The molecule has 0 bridgehead atoms. The SMILES string of the molecule is COc1ccc(NC2=C(Br)C(=O)c3ccccc3C2=O)cc1. The molecular formula is C17H12BrNO3. The number of ether oxygens (including phenoxy) is 1. The molecule has 5 heteroatoms. The number of Topliss-reactive ketones (excluding diaryl/α,β-unsaturated/α-hetero) is 2. The quantitative estimate of drug-likeness (QED) is 0.907. The molecule has 0 saturated heterocycles. The van der Waals surface area contributed by atoms with Gasteiger partial charge in [-0.25, -0.2) is 0 Å². The Labute approximate surface area is 135 Å². The fourth-order valence-electron chi connectivity index (χ4n) is 2.28. The Balaban J connectivity index is 1.97. The summed E-state index contributed by atoms with van der Waals surface area (Å²) in [5.74, 6) is 0.305. The van der Waals surface area contributed by atoms with Crippen LogP contribution in [0.5, 0.6) is 5.75 Å². The molecule has 0 saturated carbocycles. The van der Waals surface area contributed by atoms with Gasteiger partial charge in [-0.3, -0.25) is 9.59 Å². The lowest BCUT2D eigenvalue weighted by molar-refractivity contribution is 0.0983. The summed E-state index contributed by atoms with van der Waals surface area (Å²) in [5, 5.41) is 3.01. The van der Waals surface area contributed by atoms with Gasteiger partial charge < -0.3 is 10.1 Å². The number of carbonyl (C=O) groups is 2.